The maximum Gasteiger partial charge on any atom is 0.416 e. The Hall–Kier alpha value is -3.55. The second-order valence-electron chi connectivity index (χ2n) is 6.39. The highest BCUT2D eigenvalue weighted by atomic mass is 19.4. The summed E-state index contributed by atoms with van der Waals surface area (Å²) < 4.78 is 43.8. The number of furan rings is 1. The van der Waals surface area contributed by atoms with Gasteiger partial charge in [0.05, 0.1) is 11.1 Å². The van der Waals surface area contributed by atoms with Crippen LogP contribution in [0.1, 0.15) is 37.8 Å². The number of nitrogens with one attached hydrogen (secondary N) is 2. The SMILES string of the molecule is Cc1cc(C(=O)Nc2cccc(C(=O)Nc3cccc(C(F)(F)F)c3)c2)c(C)o1. The lowest BCUT2D eigenvalue weighted by atomic mass is 10.1. The zero-order valence-corrected chi connectivity index (χ0v) is 15.6. The van der Waals surface area contributed by atoms with E-state index >= 15 is 0 Å². The zero-order valence-electron chi connectivity index (χ0n) is 15.6. The molecule has 0 aliphatic heterocycles. The summed E-state index contributed by atoms with van der Waals surface area (Å²) in [5.41, 5.74) is 0.0809. The van der Waals surface area contributed by atoms with E-state index in [1.54, 1.807) is 32.0 Å². The third kappa shape index (κ3) is 4.84. The summed E-state index contributed by atoms with van der Waals surface area (Å²) in [5, 5.41) is 5.10. The Bertz CT molecular complexity index is 1070. The minimum Gasteiger partial charge on any atom is -0.466 e. The molecule has 0 radical (unpaired) electrons. The maximum atomic E-state index is 12.8. The van der Waals surface area contributed by atoms with E-state index in [2.05, 4.69) is 10.6 Å². The number of halogens is 3. The van der Waals surface area contributed by atoms with E-state index in [9.17, 15) is 22.8 Å². The van der Waals surface area contributed by atoms with Crippen LogP contribution in [-0.2, 0) is 6.18 Å². The summed E-state index contributed by atoms with van der Waals surface area (Å²) in [4.78, 5) is 24.8. The van der Waals surface area contributed by atoms with Gasteiger partial charge in [-0.05, 0) is 56.3 Å². The second-order valence-corrected chi connectivity index (χ2v) is 6.39. The highest BCUT2D eigenvalue weighted by Crippen LogP contribution is 2.30. The molecule has 3 rings (SSSR count). The van der Waals surface area contributed by atoms with Gasteiger partial charge in [-0.1, -0.05) is 12.1 Å². The zero-order chi connectivity index (χ0) is 21.2. The molecular weight excluding hydrogens is 385 g/mol. The quantitative estimate of drug-likeness (QED) is 0.612. The number of carbonyl (C=O) groups excluding carboxylic acids is 2. The van der Waals surface area contributed by atoms with Crippen molar-refractivity contribution in [2.24, 2.45) is 0 Å². The fourth-order valence-electron chi connectivity index (χ4n) is 2.77. The van der Waals surface area contributed by atoms with Gasteiger partial charge in [-0.3, -0.25) is 9.59 Å². The van der Waals surface area contributed by atoms with Crippen LogP contribution in [0, 0.1) is 13.8 Å². The molecule has 0 aliphatic carbocycles. The molecule has 8 heteroatoms. The van der Waals surface area contributed by atoms with Crippen LogP contribution in [0.3, 0.4) is 0 Å². The fraction of sp³-hybridized carbons (Fsp3) is 0.143. The number of hydrogen-bond acceptors (Lipinski definition) is 3. The topological polar surface area (TPSA) is 71.3 Å². The van der Waals surface area contributed by atoms with Gasteiger partial charge < -0.3 is 15.1 Å². The first kappa shape index (κ1) is 20.2. The number of amides is 2. The minimum absolute atomic E-state index is 0.0174. The predicted molar refractivity (Wildman–Crippen MR) is 102 cm³/mol. The van der Waals surface area contributed by atoms with Crippen molar-refractivity contribution in [1.82, 2.24) is 0 Å². The number of rotatable bonds is 4. The van der Waals surface area contributed by atoms with E-state index in [4.69, 9.17) is 4.42 Å². The van der Waals surface area contributed by atoms with Gasteiger partial charge in [-0.25, -0.2) is 0 Å². The molecule has 2 aromatic carbocycles. The van der Waals surface area contributed by atoms with Crippen LogP contribution in [0.4, 0.5) is 24.5 Å². The van der Waals surface area contributed by atoms with E-state index in [0.717, 1.165) is 12.1 Å². The lowest BCUT2D eigenvalue weighted by Gasteiger charge is -2.11. The predicted octanol–water partition coefficient (Wildman–Crippen LogP) is 5.42. The monoisotopic (exact) mass is 402 g/mol. The molecule has 2 N–H and O–H groups in total. The Morgan fingerprint density at radius 3 is 2.10 bits per heavy atom. The molecule has 0 saturated carbocycles. The van der Waals surface area contributed by atoms with Gasteiger partial charge in [0.25, 0.3) is 11.8 Å². The average Bonchev–Trinajstić information content (AvgIpc) is 3.00. The lowest BCUT2D eigenvalue weighted by Crippen LogP contribution is -2.15. The van der Waals surface area contributed by atoms with Crippen molar-refractivity contribution < 1.29 is 27.2 Å². The smallest absolute Gasteiger partial charge is 0.416 e. The van der Waals surface area contributed by atoms with Crippen molar-refractivity contribution in [3.05, 3.63) is 82.8 Å². The first-order valence-corrected chi connectivity index (χ1v) is 8.60. The Balaban J connectivity index is 1.74. The molecule has 1 heterocycles. The lowest BCUT2D eigenvalue weighted by molar-refractivity contribution is -0.137. The van der Waals surface area contributed by atoms with Gasteiger partial charge in [0.2, 0.25) is 0 Å². The van der Waals surface area contributed by atoms with Crippen LogP contribution in [-0.4, -0.2) is 11.8 Å². The third-order valence-corrected chi connectivity index (χ3v) is 4.12. The second kappa shape index (κ2) is 7.83. The summed E-state index contributed by atoms with van der Waals surface area (Å²) in [6.45, 7) is 3.39. The largest absolute Gasteiger partial charge is 0.466 e. The van der Waals surface area contributed by atoms with Gasteiger partial charge in [0, 0.05) is 16.9 Å². The van der Waals surface area contributed by atoms with E-state index in [1.807, 2.05) is 0 Å². The molecule has 2 amide bonds. The summed E-state index contributed by atoms with van der Waals surface area (Å²) in [7, 11) is 0. The number of hydrogen-bond donors (Lipinski definition) is 2. The normalized spacial score (nSPS) is 11.2. The maximum absolute atomic E-state index is 12.8. The highest BCUT2D eigenvalue weighted by molar-refractivity contribution is 6.07. The Kier molecular flexibility index (Phi) is 5.45. The summed E-state index contributed by atoms with van der Waals surface area (Å²) >= 11 is 0. The van der Waals surface area contributed by atoms with Crippen LogP contribution in [0.15, 0.2) is 59.0 Å². The van der Waals surface area contributed by atoms with Crippen molar-refractivity contribution in [3.8, 4) is 0 Å². The molecule has 0 fully saturated rings. The van der Waals surface area contributed by atoms with E-state index < -0.39 is 23.6 Å². The summed E-state index contributed by atoms with van der Waals surface area (Å²) in [6, 6.07) is 12.0. The van der Waals surface area contributed by atoms with Crippen molar-refractivity contribution >= 4 is 23.2 Å². The standard InChI is InChI=1S/C21H17F3N2O3/c1-12-9-18(13(2)29-12)20(28)26-16-7-3-5-14(10-16)19(27)25-17-8-4-6-15(11-17)21(22,23)24/h3-11H,1-2H3,(H,25,27)(H,26,28). The Morgan fingerprint density at radius 2 is 1.48 bits per heavy atom. The molecule has 5 nitrogen and oxygen atoms in total. The molecule has 0 saturated heterocycles. The minimum atomic E-state index is -4.51. The highest BCUT2D eigenvalue weighted by Gasteiger charge is 2.30. The van der Waals surface area contributed by atoms with E-state index in [1.165, 1.54) is 24.3 Å². The first-order chi connectivity index (χ1) is 13.6. The average molecular weight is 402 g/mol. The molecule has 1 aromatic heterocycles. The molecule has 0 spiro atoms. The number of aryl methyl sites for hydroxylation is 2. The molecular formula is C21H17F3N2O3. The molecule has 0 unspecified atom stereocenters. The van der Waals surface area contributed by atoms with Crippen LogP contribution < -0.4 is 10.6 Å². The third-order valence-electron chi connectivity index (χ3n) is 4.12. The van der Waals surface area contributed by atoms with Gasteiger partial charge in [-0.2, -0.15) is 13.2 Å². The number of carbonyl (C=O) groups is 2. The van der Waals surface area contributed by atoms with Gasteiger partial charge in [-0.15, -0.1) is 0 Å². The van der Waals surface area contributed by atoms with Crippen LogP contribution in [0.5, 0.6) is 0 Å². The molecule has 150 valence electrons. The Labute approximate surface area is 164 Å². The molecule has 29 heavy (non-hydrogen) atoms. The van der Waals surface area contributed by atoms with E-state index in [0.29, 0.717) is 22.8 Å². The van der Waals surface area contributed by atoms with E-state index in [-0.39, 0.29) is 11.3 Å². The molecule has 0 atom stereocenters. The van der Waals surface area contributed by atoms with Crippen molar-refractivity contribution in [3.63, 3.8) is 0 Å². The van der Waals surface area contributed by atoms with Crippen LogP contribution >= 0.6 is 0 Å². The van der Waals surface area contributed by atoms with Crippen LogP contribution in [0.2, 0.25) is 0 Å². The summed E-state index contributed by atoms with van der Waals surface area (Å²) in [6.07, 6.45) is -4.51. The Morgan fingerprint density at radius 1 is 0.862 bits per heavy atom. The van der Waals surface area contributed by atoms with Gasteiger partial charge >= 0.3 is 6.18 Å². The first-order valence-electron chi connectivity index (χ1n) is 8.60. The molecule has 0 bridgehead atoms. The number of anilines is 2. The number of benzene rings is 2. The van der Waals surface area contributed by atoms with Gasteiger partial charge in [0.1, 0.15) is 11.5 Å². The fourth-order valence-corrected chi connectivity index (χ4v) is 2.77. The van der Waals surface area contributed by atoms with Crippen LogP contribution in [0.25, 0.3) is 0 Å². The van der Waals surface area contributed by atoms with Crippen molar-refractivity contribution in [2.45, 2.75) is 20.0 Å². The van der Waals surface area contributed by atoms with Crippen molar-refractivity contribution in [2.75, 3.05) is 10.6 Å². The molecule has 3 aromatic rings. The molecule has 0 aliphatic rings. The number of alkyl halides is 3. The van der Waals surface area contributed by atoms with Crippen molar-refractivity contribution in [1.29, 1.82) is 0 Å². The van der Waals surface area contributed by atoms with Gasteiger partial charge in [0.15, 0.2) is 0 Å². The summed E-state index contributed by atoms with van der Waals surface area (Å²) in [5.74, 6) is 0.0749.